The molecule has 0 radical (unpaired) electrons. The number of amides is 1. The minimum Gasteiger partial charge on any atom is -0.367 e. The highest BCUT2D eigenvalue weighted by Gasteiger charge is 2.18. The van der Waals surface area contributed by atoms with Crippen molar-refractivity contribution >= 4 is 35.4 Å². The lowest BCUT2D eigenvalue weighted by molar-refractivity contribution is -0.105. The van der Waals surface area contributed by atoms with Gasteiger partial charge in [-0.2, -0.15) is 4.98 Å². The number of benzene rings is 1. The number of hydrogen-bond donors (Lipinski definition) is 3. The zero-order chi connectivity index (χ0) is 20.1. The fourth-order valence-electron chi connectivity index (χ4n) is 3.67. The van der Waals surface area contributed by atoms with E-state index in [2.05, 4.69) is 36.0 Å². The largest absolute Gasteiger partial charge is 0.367 e. The van der Waals surface area contributed by atoms with E-state index in [1.54, 1.807) is 12.1 Å². The number of hydrogen-bond acceptors (Lipinski definition) is 8. The molecule has 9 nitrogen and oxygen atoms in total. The topological polar surface area (TPSA) is 98.3 Å². The highest BCUT2D eigenvalue weighted by molar-refractivity contribution is 5.78. The number of piperazine rings is 1. The van der Waals surface area contributed by atoms with Gasteiger partial charge >= 0.3 is 0 Å². The quantitative estimate of drug-likeness (QED) is 0.631. The van der Waals surface area contributed by atoms with E-state index in [1.165, 1.54) is 12.5 Å². The number of rotatable bonds is 6. The summed E-state index contributed by atoms with van der Waals surface area (Å²) < 4.78 is 14.7. The fourth-order valence-corrected chi connectivity index (χ4v) is 3.67. The Bertz CT molecular complexity index is 852. The molecule has 3 N–H and O–H groups in total. The van der Waals surface area contributed by atoms with Crippen molar-refractivity contribution in [1.82, 2.24) is 20.5 Å². The zero-order valence-corrected chi connectivity index (χ0v) is 16.2. The third-order valence-electron chi connectivity index (χ3n) is 5.18. The van der Waals surface area contributed by atoms with E-state index >= 15 is 0 Å². The van der Waals surface area contributed by atoms with Crippen molar-refractivity contribution in [2.45, 2.75) is 19.3 Å². The molecule has 2 aliphatic rings. The molecule has 0 aliphatic carbocycles. The van der Waals surface area contributed by atoms with Crippen LogP contribution in [0.5, 0.6) is 0 Å². The maximum atomic E-state index is 14.7. The van der Waals surface area contributed by atoms with Crippen molar-refractivity contribution < 1.29 is 9.18 Å². The third kappa shape index (κ3) is 4.53. The SMILES string of the molecule is O=CNc1nnc(N2CCCCC2)nc1Nc1ccc(N2CCNCC2)c(F)c1. The minimum atomic E-state index is -0.305. The maximum absolute atomic E-state index is 14.7. The zero-order valence-electron chi connectivity index (χ0n) is 16.2. The number of anilines is 5. The average molecular weight is 400 g/mol. The molecule has 2 saturated heterocycles. The van der Waals surface area contributed by atoms with Crippen LogP contribution in [0.4, 0.5) is 33.3 Å². The second kappa shape index (κ2) is 8.99. The smallest absolute Gasteiger partial charge is 0.247 e. The van der Waals surface area contributed by atoms with E-state index in [4.69, 9.17) is 0 Å². The van der Waals surface area contributed by atoms with Crippen LogP contribution < -0.4 is 25.8 Å². The predicted octanol–water partition coefficient (Wildman–Crippen LogP) is 1.72. The summed E-state index contributed by atoms with van der Waals surface area (Å²) in [6.07, 6.45) is 3.88. The van der Waals surface area contributed by atoms with E-state index in [1.807, 2.05) is 4.90 Å². The predicted molar refractivity (Wildman–Crippen MR) is 110 cm³/mol. The molecule has 2 fully saturated rings. The molecule has 1 aromatic carbocycles. The third-order valence-corrected chi connectivity index (χ3v) is 5.18. The summed E-state index contributed by atoms with van der Waals surface area (Å²) in [5.74, 6) is 0.732. The van der Waals surface area contributed by atoms with Crippen LogP contribution in [0.3, 0.4) is 0 Å². The molecule has 0 unspecified atom stereocenters. The molecule has 3 heterocycles. The van der Waals surface area contributed by atoms with Crippen molar-refractivity contribution in [1.29, 1.82) is 0 Å². The van der Waals surface area contributed by atoms with E-state index in [0.717, 1.165) is 52.1 Å². The average Bonchev–Trinajstić information content (AvgIpc) is 2.76. The van der Waals surface area contributed by atoms with Crippen LogP contribution in [-0.2, 0) is 4.79 Å². The van der Waals surface area contributed by atoms with Gasteiger partial charge in [0.05, 0.1) is 5.69 Å². The normalized spacial score (nSPS) is 17.1. The molecule has 1 amide bonds. The van der Waals surface area contributed by atoms with Gasteiger partial charge in [0, 0.05) is 45.0 Å². The monoisotopic (exact) mass is 400 g/mol. The van der Waals surface area contributed by atoms with Gasteiger partial charge in [0.1, 0.15) is 5.82 Å². The van der Waals surface area contributed by atoms with Crippen LogP contribution in [-0.4, -0.2) is 60.9 Å². The Balaban J connectivity index is 1.56. The Labute approximate surface area is 168 Å². The summed E-state index contributed by atoms with van der Waals surface area (Å²) in [5.41, 5.74) is 1.11. The molecule has 2 aromatic rings. The van der Waals surface area contributed by atoms with Crippen LogP contribution >= 0.6 is 0 Å². The Morgan fingerprint density at radius 3 is 2.52 bits per heavy atom. The van der Waals surface area contributed by atoms with Crippen molar-refractivity contribution in [3.63, 3.8) is 0 Å². The van der Waals surface area contributed by atoms with Crippen LogP contribution in [0.1, 0.15) is 19.3 Å². The van der Waals surface area contributed by atoms with Gasteiger partial charge < -0.3 is 25.8 Å². The highest BCUT2D eigenvalue weighted by Crippen LogP contribution is 2.28. The standard InChI is InChI=1S/C19H25FN8O/c20-15-12-14(4-5-16(15)27-10-6-21-7-11-27)23-18-17(22-13-29)25-26-19(24-18)28-8-2-1-3-9-28/h4-5,12-13,21H,1-3,6-11H2,(H,22,25,29)(H,23,24,26). The van der Waals surface area contributed by atoms with Gasteiger partial charge in [-0.3, -0.25) is 4.79 Å². The van der Waals surface area contributed by atoms with Crippen molar-refractivity contribution in [3.8, 4) is 0 Å². The Morgan fingerprint density at radius 1 is 1.00 bits per heavy atom. The molecule has 154 valence electrons. The summed E-state index contributed by atoms with van der Waals surface area (Å²) in [4.78, 5) is 19.5. The molecule has 0 saturated carbocycles. The van der Waals surface area contributed by atoms with Crippen molar-refractivity contribution in [3.05, 3.63) is 24.0 Å². The summed E-state index contributed by atoms with van der Waals surface area (Å²) in [6, 6.07) is 4.99. The van der Waals surface area contributed by atoms with Crippen LogP contribution in [0.15, 0.2) is 18.2 Å². The van der Waals surface area contributed by atoms with Gasteiger partial charge in [0.2, 0.25) is 12.4 Å². The molecular formula is C19H25FN8O. The first-order chi connectivity index (χ1) is 14.2. The number of carbonyl (C=O) groups excluding carboxylic acids is 1. The summed E-state index contributed by atoms with van der Waals surface area (Å²) in [6.45, 7) is 4.96. The lowest BCUT2D eigenvalue weighted by Crippen LogP contribution is -2.43. The van der Waals surface area contributed by atoms with Gasteiger partial charge in [-0.05, 0) is 37.5 Å². The number of nitrogens with zero attached hydrogens (tertiary/aromatic N) is 5. The fraction of sp³-hybridized carbons (Fsp3) is 0.474. The molecule has 4 rings (SSSR count). The molecule has 0 spiro atoms. The van der Waals surface area contributed by atoms with Gasteiger partial charge in [0.25, 0.3) is 0 Å². The van der Waals surface area contributed by atoms with Crippen LogP contribution in [0.2, 0.25) is 0 Å². The molecule has 10 heteroatoms. The highest BCUT2D eigenvalue weighted by atomic mass is 19.1. The van der Waals surface area contributed by atoms with E-state index in [9.17, 15) is 9.18 Å². The van der Waals surface area contributed by atoms with Crippen molar-refractivity contribution in [2.75, 3.05) is 59.7 Å². The van der Waals surface area contributed by atoms with Crippen LogP contribution in [0, 0.1) is 5.82 Å². The van der Waals surface area contributed by atoms with Crippen LogP contribution in [0.25, 0.3) is 0 Å². The molecule has 1 aromatic heterocycles. The molecule has 29 heavy (non-hydrogen) atoms. The first-order valence-electron chi connectivity index (χ1n) is 9.97. The van der Waals surface area contributed by atoms with E-state index in [0.29, 0.717) is 29.6 Å². The number of aromatic nitrogens is 3. The number of piperidine rings is 1. The number of carbonyl (C=O) groups is 1. The number of halogens is 1. The van der Waals surface area contributed by atoms with Gasteiger partial charge in [-0.15, -0.1) is 10.2 Å². The molecule has 0 bridgehead atoms. The summed E-state index contributed by atoms with van der Waals surface area (Å²) in [5, 5.41) is 17.1. The number of nitrogens with one attached hydrogen (secondary N) is 3. The Kier molecular flexibility index (Phi) is 5.99. The summed E-state index contributed by atoms with van der Waals surface area (Å²) >= 11 is 0. The van der Waals surface area contributed by atoms with E-state index in [-0.39, 0.29) is 11.6 Å². The maximum Gasteiger partial charge on any atom is 0.247 e. The first-order valence-corrected chi connectivity index (χ1v) is 9.97. The Hall–Kier alpha value is -3.01. The first kappa shape index (κ1) is 19.3. The molecule has 0 atom stereocenters. The lowest BCUT2D eigenvalue weighted by Gasteiger charge is -2.29. The second-order valence-electron chi connectivity index (χ2n) is 7.15. The lowest BCUT2D eigenvalue weighted by atomic mass is 10.1. The molecule has 2 aliphatic heterocycles. The Morgan fingerprint density at radius 2 is 1.79 bits per heavy atom. The second-order valence-corrected chi connectivity index (χ2v) is 7.15. The van der Waals surface area contributed by atoms with E-state index < -0.39 is 0 Å². The minimum absolute atomic E-state index is 0.201. The van der Waals surface area contributed by atoms with Crippen molar-refractivity contribution in [2.24, 2.45) is 0 Å². The van der Waals surface area contributed by atoms with Gasteiger partial charge in [-0.25, -0.2) is 4.39 Å². The molecular weight excluding hydrogens is 375 g/mol. The summed E-state index contributed by atoms with van der Waals surface area (Å²) in [7, 11) is 0. The van der Waals surface area contributed by atoms with Gasteiger partial charge in [0.15, 0.2) is 11.6 Å². The van der Waals surface area contributed by atoms with Gasteiger partial charge in [-0.1, -0.05) is 0 Å².